The van der Waals surface area contributed by atoms with E-state index in [1.54, 1.807) is 0 Å². The largest absolute Gasteiger partial charge is 0.494 e. The maximum Gasteiger partial charge on any atom is 0.127 e. The van der Waals surface area contributed by atoms with Crippen LogP contribution in [-0.2, 0) is 0 Å². The number of aryl methyl sites for hydroxylation is 2. The first-order valence-electron chi connectivity index (χ1n) is 19.1. The first-order valence-corrected chi connectivity index (χ1v) is 19.1. The third-order valence-electron chi connectivity index (χ3n) is 9.87. The van der Waals surface area contributed by atoms with Crippen LogP contribution in [0.2, 0.25) is 0 Å². The second-order valence-corrected chi connectivity index (χ2v) is 14.7. The topological polar surface area (TPSA) is 18.5 Å². The zero-order chi connectivity index (χ0) is 35.2. The van der Waals surface area contributed by atoms with Crippen molar-refractivity contribution in [2.75, 3.05) is 13.2 Å². The molecule has 0 saturated heterocycles. The van der Waals surface area contributed by atoms with E-state index in [9.17, 15) is 0 Å². The van der Waals surface area contributed by atoms with E-state index in [1.165, 1.54) is 82.7 Å². The van der Waals surface area contributed by atoms with E-state index in [-0.39, 0.29) is 0 Å². The van der Waals surface area contributed by atoms with E-state index >= 15 is 0 Å². The van der Waals surface area contributed by atoms with Gasteiger partial charge in [0.2, 0.25) is 0 Å². The summed E-state index contributed by atoms with van der Waals surface area (Å²) >= 11 is 0. The Bertz CT molecular complexity index is 1660. The molecular weight excluding hydrogens is 597 g/mol. The van der Waals surface area contributed by atoms with Gasteiger partial charge in [-0.15, -0.1) is 0 Å². The number of hydrogen-bond acceptors (Lipinski definition) is 2. The van der Waals surface area contributed by atoms with Crippen LogP contribution in [0.5, 0.6) is 11.5 Å². The van der Waals surface area contributed by atoms with Gasteiger partial charge in [-0.2, -0.15) is 0 Å². The average Bonchev–Trinajstić information content (AvgIpc) is 3.08. The first kappa shape index (κ1) is 38.0. The van der Waals surface area contributed by atoms with E-state index in [4.69, 9.17) is 9.47 Å². The number of fused-ring (bicyclic) bond motifs is 1. The van der Waals surface area contributed by atoms with Crippen molar-refractivity contribution in [3.63, 3.8) is 0 Å². The molecule has 0 fully saturated rings. The molecule has 4 aromatic carbocycles. The molecule has 4 rings (SSSR count). The molecule has 262 valence electrons. The van der Waals surface area contributed by atoms with Gasteiger partial charge in [0.1, 0.15) is 11.5 Å². The molecule has 2 nitrogen and oxygen atoms in total. The molecule has 4 aromatic rings. The van der Waals surface area contributed by atoms with Gasteiger partial charge < -0.3 is 9.47 Å². The highest BCUT2D eigenvalue weighted by atomic mass is 16.5. The SMILES string of the molecule is C/C=C/c1cc(C)c(/C=C/c2cc(-c3ccc(OCCC(C)CCCC(C)C)cc3)c3cc(C)ccc3c2)cc1OCC(CC)CCCC. The lowest BCUT2D eigenvalue weighted by Crippen LogP contribution is -2.12. The highest BCUT2D eigenvalue weighted by molar-refractivity contribution is 5.99. The van der Waals surface area contributed by atoms with Gasteiger partial charge in [0.05, 0.1) is 13.2 Å². The van der Waals surface area contributed by atoms with Gasteiger partial charge >= 0.3 is 0 Å². The minimum atomic E-state index is 0.590. The summed E-state index contributed by atoms with van der Waals surface area (Å²) in [6, 6.07) is 24.6. The molecule has 0 aliphatic heterocycles. The summed E-state index contributed by atoms with van der Waals surface area (Å²) in [5.74, 6) is 3.99. The van der Waals surface area contributed by atoms with Crippen molar-refractivity contribution in [1.29, 1.82) is 0 Å². The van der Waals surface area contributed by atoms with Gasteiger partial charge in [-0.3, -0.25) is 0 Å². The maximum atomic E-state index is 6.51. The second kappa shape index (κ2) is 19.4. The number of rotatable bonds is 19. The number of allylic oxidation sites excluding steroid dienone is 1. The van der Waals surface area contributed by atoms with Crippen molar-refractivity contribution >= 4 is 29.0 Å². The number of hydrogen-bond donors (Lipinski definition) is 0. The first-order chi connectivity index (χ1) is 23.7. The molecule has 0 amide bonds. The molecule has 0 saturated carbocycles. The number of ether oxygens (including phenoxy) is 2. The third kappa shape index (κ3) is 11.7. The lowest BCUT2D eigenvalue weighted by Gasteiger charge is -2.18. The Balaban J connectivity index is 1.55. The molecule has 2 atom stereocenters. The van der Waals surface area contributed by atoms with Crippen molar-refractivity contribution in [3.05, 3.63) is 101 Å². The van der Waals surface area contributed by atoms with Gasteiger partial charge in [-0.05, 0) is 126 Å². The van der Waals surface area contributed by atoms with Crippen LogP contribution in [0.1, 0.15) is 121 Å². The van der Waals surface area contributed by atoms with E-state index in [1.807, 2.05) is 0 Å². The molecule has 2 unspecified atom stereocenters. The molecule has 49 heavy (non-hydrogen) atoms. The van der Waals surface area contributed by atoms with Crippen LogP contribution in [0, 0.1) is 31.6 Å². The minimum absolute atomic E-state index is 0.590. The Morgan fingerprint density at radius 1 is 0.714 bits per heavy atom. The lowest BCUT2D eigenvalue weighted by molar-refractivity contribution is 0.233. The highest BCUT2D eigenvalue weighted by Crippen LogP contribution is 2.34. The molecule has 0 aliphatic rings. The maximum absolute atomic E-state index is 6.51. The normalized spacial score (nSPS) is 13.2. The van der Waals surface area contributed by atoms with Crippen LogP contribution >= 0.6 is 0 Å². The Morgan fingerprint density at radius 3 is 2.22 bits per heavy atom. The zero-order valence-electron chi connectivity index (χ0n) is 31.8. The third-order valence-corrected chi connectivity index (χ3v) is 9.87. The van der Waals surface area contributed by atoms with E-state index < -0.39 is 0 Å². The van der Waals surface area contributed by atoms with Crippen molar-refractivity contribution in [2.45, 2.75) is 107 Å². The molecule has 0 heterocycles. The molecular formula is C47H62O2. The van der Waals surface area contributed by atoms with E-state index in [0.717, 1.165) is 49.0 Å². The van der Waals surface area contributed by atoms with Gasteiger partial charge in [0, 0.05) is 5.56 Å². The van der Waals surface area contributed by atoms with Crippen LogP contribution in [0.4, 0.5) is 0 Å². The van der Waals surface area contributed by atoms with Crippen LogP contribution in [0.25, 0.3) is 40.1 Å². The van der Waals surface area contributed by atoms with Crippen molar-refractivity contribution in [2.24, 2.45) is 17.8 Å². The highest BCUT2D eigenvalue weighted by Gasteiger charge is 2.12. The fraction of sp³-hybridized carbons (Fsp3) is 0.447. The standard InChI is InChI=1S/C47H62O2/c1-9-12-17-38(11-3)33-49-47-32-41(37(8)29-43(47)14-10-2)21-19-39-30-42-20-18-36(7)28-45(42)46(31-39)40-22-24-44(25-23-40)48-27-26-35(6)16-13-15-34(4)5/h10,14,18-25,28-32,34-35,38H,9,11-13,15-17,26-27,33H2,1-8H3/b14-10+,21-19+. The van der Waals surface area contributed by atoms with Gasteiger partial charge in [0.15, 0.2) is 0 Å². The summed E-state index contributed by atoms with van der Waals surface area (Å²) in [6.45, 7) is 19.5. The fourth-order valence-corrected chi connectivity index (χ4v) is 6.59. The molecule has 2 heteroatoms. The Labute approximate surface area is 298 Å². The van der Waals surface area contributed by atoms with Crippen molar-refractivity contribution in [1.82, 2.24) is 0 Å². The number of benzene rings is 4. The van der Waals surface area contributed by atoms with Crippen LogP contribution in [0.15, 0.2) is 72.8 Å². The van der Waals surface area contributed by atoms with Crippen molar-refractivity contribution < 1.29 is 9.47 Å². The lowest BCUT2D eigenvalue weighted by atomic mass is 9.94. The summed E-state index contributed by atoms with van der Waals surface area (Å²) in [4.78, 5) is 0. The molecule has 0 N–H and O–H groups in total. The van der Waals surface area contributed by atoms with Crippen LogP contribution in [-0.4, -0.2) is 13.2 Å². The minimum Gasteiger partial charge on any atom is -0.494 e. The molecule has 0 spiro atoms. The smallest absolute Gasteiger partial charge is 0.127 e. The quantitative estimate of drug-likeness (QED) is 0.0934. The molecule has 0 aliphatic carbocycles. The molecule has 0 aromatic heterocycles. The number of unbranched alkanes of at least 4 members (excludes halogenated alkanes) is 1. The van der Waals surface area contributed by atoms with E-state index in [0.29, 0.717) is 11.8 Å². The molecule has 0 bridgehead atoms. The Morgan fingerprint density at radius 2 is 1.51 bits per heavy atom. The Kier molecular flexibility index (Phi) is 15.1. The molecule has 0 radical (unpaired) electrons. The predicted molar refractivity (Wildman–Crippen MR) is 216 cm³/mol. The van der Waals surface area contributed by atoms with Gasteiger partial charge in [0.25, 0.3) is 0 Å². The second-order valence-electron chi connectivity index (χ2n) is 14.7. The van der Waals surface area contributed by atoms with Crippen LogP contribution < -0.4 is 9.47 Å². The zero-order valence-corrected chi connectivity index (χ0v) is 31.8. The summed E-state index contributed by atoms with van der Waals surface area (Å²) < 4.78 is 12.7. The summed E-state index contributed by atoms with van der Waals surface area (Å²) in [5.41, 5.74) is 8.48. The van der Waals surface area contributed by atoms with Crippen molar-refractivity contribution in [3.8, 4) is 22.6 Å². The summed E-state index contributed by atoms with van der Waals surface area (Å²) in [5, 5.41) is 2.52. The average molecular weight is 659 g/mol. The monoisotopic (exact) mass is 658 g/mol. The Hall–Kier alpha value is -3.78. The van der Waals surface area contributed by atoms with E-state index in [2.05, 4.69) is 146 Å². The fourth-order valence-electron chi connectivity index (χ4n) is 6.59. The van der Waals surface area contributed by atoms with Gasteiger partial charge in [-0.1, -0.05) is 133 Å². The summed E-state index contributed by atoms with van der Waals surface area (Å²) in [7, 11) is 0. The van der Waals surface area contributed by atoms with Crippen LogP contribution in [0.3, 0.4) is 0 Å². The van der Waals surface area contributed by atoms with Gasteiger partial charge in [-0.25, -0.2) is 0 Å². The predicted octanol–water partition coefficient (Wildman–Crippen LogP) is 14.2. The summed E-state index contributed by atoms with van der Waals surface area (Å²) in [6.07, 6.45) is 18.6.